The van der Waals surface area contributed by atoms with Crippen molar-refractivity contribution in [1.82, 2.24) is 9.55 Å². The maximum atomic E-state index is 13.0. The molecule has 0 saturated carbocycles. The molecule has 0 aliphatic heterocycles. The minimum Gasteiger partial charge on any atom is -0.497 e. The van der Waals surface area contributed by atoms with Gasteiger partial charge in [-0.15, -0.1) is 0 Å². The molecule has 0 saturated heterocycles. The molecule has 0 unspecified atom stereocenters. The Labute approximate surface area is 168 Å². The molecule has 0 aliphatic carbocycles. The smallest absolute Gasteiger partial charge is 0.265 e. The van der Waals surface area contributed by atoms with Gasteiger partial charge in [0, 0.05) is 47.0 Å². The Morgan fingerprint density at radius 2 is 1.79 bits per heavy atom. The molecule has 7 nitrogen and oxygen atoms in total. The van der Waals surface area contributed by atoms with Crippen LogP contribution in [0, 0.1) is 0 Å². The van der Waals surface area contributed by atoms with Gasteiger partial charge in [0.2, 0.25) is 0 Å². The lowest BCUT2D eigenvalue weighted by atomic mass is 10.2. The highest BCUT2D eigenvalue weighted by Crippen LogP contribution is 2.33. The first-order valence-corrected chi connectivity index (χ1v) is 10.6. The number of nitrogens with one attached hydrogen (secondary N) is 1. The second kappa shape index (κ2) is 7.29. The zero-order chi connectivity index (χ0) is 20.6. The summed E-state index contributed by atoms with van der Waals surface area (Å²) < 4.78 is 41.2. The van der Waals surface area contributed by atoms with Crippen molar-refractivity contribution in [3.63, 3.8) is 0 Å². The number of aryl methyl sites for hydroxylation is 1. The zero-order valence-corrected chi connectivity index (χ0v) is 17.2. The first kappa shape index (κ1) is 19.1. The van der Waals surface area contributed by atoms with E-state index in [4.69, 9.17) is 9.47 Å². The second-order valence-electron chi connectivity index (χ2n) is 6.49. The Kier molecular flexibility index (Phi) is 4.79. The molecule has 0 spiro atoms. The van der Waals surface area contributed by atoms with Crippen molar-refractivity contribution in [3.05, 3.63) is 54.9 Å². The Hall–Kier alpha value is -3.26. The highest BCUT2D eigenvalue weighted by molar-refractivity contribution is 7.92. The summed E-state index contributed by atoms with van der Waals surface area (Å²) in [7, 11) is -0.920. The van der Waals surface area contributed by atoms with Gasteiger partial charge in [0.05, 0.1) is 19.7 Å². The molecule has 4 rings (SSSR count). The topological polar surface area (TPSA) is 82.5 Å². The molecule has 0 radical (unpaired) electrons. The number of anilines is 1. The van der Waals surface area contributed by atoms with Crippen molar-refractivity contribution in [3.8, 4) is 11.5 Å². The predicted molar refractivity (Wildman–Crippen MR) is 113 cm³/mol. The standard InChI is InChI=1S/C21H21N3O4S/c1-4-24-18-7-5-14(11-16(18)17-13-22-10-9-19(17)24)23-29(25,26)21-8-6-15(27-2)12-20(21)28-3/h5-13,23H,4H2,1-3H3. The molecule has 1 N–H and O–H groups in total. The van der Waals surface area contributed by atoms with E-state index in [0.29, 0.717) is 11.4 Å². The van der Waals surface area contributed by atoms with Gasteiger partial charge in [-0.3, -0.25) is 9.71 Å². The number of ether oxygens (including phenoxy) is 2. The number of aromatic nitrogens is 2. The number of nitrogens with zero attached hydrogens (tertiary/aromatic N) is 2. The van der Waals surface area contributed by atoms with Crippen LogP contribution in [0.5, 0.6) is 11.5 Å². The largest absolute Gasteiger partial charge is 0.497 e. The average Bonchev–Trinajstić information content (AvgIpc) is 3.06. The van der Waals surface area contributed by atoms with E-state index in [1.54, 1.807) is 24.5 Å². The van der Waals surface area contributed by atoms with E-state index in [1.165, 1.54) is 26.4 Å². The summed E-state index contributed by atoms with van der Waals surface area (Å²) in [6.45, 7) is 2.88. The van der Waals surface area contributed by atoms with Gasteiger partial charge in [-0.25, -0.2) is 8.42 Å². The maximum Gasteiger partial charge on any atom is 0.265 e. The molecule has 0 amide bonds. The van der Waals surface area contributed by atoms with Crippen molar-refractivity contribution in [2.75, 3.05) is 18.9 Å². The van der Waals surface area contributed by atoms with E-state index in [1.807, 2.05) is 18.2 Å². The van der Waals surface area contributed by atoms with Crippen molar-refractivity contribution in [1.29, 1.82) is 0 Å². The molecule has 0 atom stereocenters. The molecule has 2 heterocycles. The third-order valence-corrected chi connectivity index (χ3v) is 6.32. The van der Waals surface area contributed by atoms with Gasteiger partial charge >= 0.3 is 0 Å². The Balaban J connectivity index is 1.79. The van der Waals surface area contributed by atoms with Gasteiger partial charge in [-0.2, -0.15) is 0 Å². The van der Waals surface area contributed by atoms with Crippen molar-refractivity contribution in [2.45, 2.75) is 18.4 Å². The number of fused-ring (bicyclic) bond motifs is 3. The van der Waals surface area contributed by atoms with Gasteiger partial charge in [0.25, 0.3) is 10.0 Å². The Bertz CT molecular complexity index is 1310. The first-order valence-electron chi connectivity index (χ1n) is 9.09. The third kappa shape index (κ3) is 3.25. The second-order valence-corrected chi connectivity index (χ2v) is 8.14. The van der Waals surface area contributed by atoms with Crippen LogP contribution in [0.25, 0.3) is 21.8 Å². The molecule has 0 aliphatic rings. The minimum atomic E-state index is -3.85. The SMILES string of the molecule is CCn1c2ccncc2c2cc(NS(=O)(=O)c3ccc(OC)cc3OC)ccc21. The first-order chi connectivity index (χ1) is 14.0. The summed E-state index contributed by atoms with van der Waals surface area (Å²) in [6, 6.07) is 12.1. The van der Waals surface area contributed by atoms with Gasteiger partial charge in [0.1, 0.15) is 16.4 Å². The monoisotopic (exact) mass is 411 g/mol. The van der Waals surface area contributed by atoms with E-state index in [2.05, 4.69) is 21.2 Å². The van der Waals surface area contributed by atoms with Crippen LogP contribution in [-0.4, -0.2) is 32.2 Å². The van der Waals surface area contributed by atoms with E-state index >= 15 is 0 Å². The Morgan fingerprint density at radius 3 is 2.52 bits per heavy atom. The van der Waals surface area contributed by atoms with Crippen molar-refractivity contribution < 1.29 is 17.9 Å². The number of pyridine rings is 1. The molecular formula is C21H21N3O4S. The molecule has 8 heteroatoms. The van der Waals surface area contributed by atoms with Crippen LogP contribution in [0.15, 0.2) is 59.8 Å². The summed E-state index contributed by atoms with van der Waals surface area (Å²) in [5.74, 6) is 0.729. The molecule has 29 heavy (non-hydrogen) atoms. The molecule has 150 valence electrons. The van der Waals surface area contributed by atoms with E-state index in [9.17, 15) is 8.42 Å². The molecule has 2 aromatic carbocycles. The van der Waals surface area contributed by atoms with Gasteiger partial charge in [0.15, 0.2) is 0 Å². The fraction of sp³-hybridized carbons (Fsp3) is 0.190. The van der Waals surface area contributed by atoms with Crippen LogP contribution in [0.3, 0.4) is 0 Å². The fourth-order valence-electron chi connectivity index (χ4n) is 3.56. The minimum absolute atomic E-state index is 0.0403. The van der Waals surface area contributed by atoms with E-state index < -0.39 is 10.0 Å². The summed E-state index contributed by atoms with van der Waals surface area (Å²) in [4.78, 5) is 4.26. The molecular weight excluding hydrogens is 390 g/mol. The van der Waals surface area contributed by atoms with Crippen molar-refractivity contribution >= 4 is 37.5 Å². The summed E-state index contributed by atoms with van der Waals surface area (Å²) in [5, 5.41) is 1.92. The average molecular weight is 411 g/mol. The molecule has 0 bridgehead atoms. The maximum absolute atomic E-state index is 13.0. The van der Waals surface area contributed by atoms with Crippen LogP contribution in [-0.2, 0) is 16.6 Å². The number of methoxy groups -OCH3 is 2. The summed E-state index contributed by atoms with van der Waals surface area (Å²) in [5.41, 5.74) is 2.56. The molecule has 4 aromatic rings. The van der Waals surface area contributed by atoms with E-state index in [-0.39, 0.29) is 10.6 Å². The van der Waals surface area contributed by atoms with Gasteiger partial charge in [-0.05, 0) is 43.3 Å². The summed E-state index contributed by atoms with van der Waals surface area (Å²) in [6.07, 6.45) is 3.56. The highest BCUT2D eigenvalue weighted by Gasteiger charge is 2.21. The van der Waals surface area contributed by atoms with Crippen LogP contribution in [0.2, 0.25) is 0 Å². The number of sulfonamides is 1. The molecule has 0 fully saturated rings. The number of hydrogen-bond acceptors (Lipinski definition) is 5. The predicted octanol–water partition coefficient (Wildman–Crippen LogP) is 4.03. The number of hydrogen-bond donors (Lipinski definition) is 1. The molecule has 2 aromatic heterocycles. The lowest BCUT2D eigenvalue weighted by molar-refractivity contribution is 0.386. The van der Waals surface area contributed by atoms with Crippen LogP contribution in [0.1, 0.15) is 6.92 Å². The third-order valence-electron chi connectivity index (χ3n) is 4.90. The van der Waals surface area contributed by atoms with E-state index in [0.717, 1.165) is 28.4 Å². The fourth-order valence-corrected chi connectivity index (χ4v) is 4.76. The lowest BCUT2D eigenvalue weighted by Gasteiger charge is -2.13. The lowest BCUT2D eigenvalue weighted by Crippen LogP contribution is -2.14. The number of benzene rings is 2. The summed E-state index contributed by atoms with van der Waals surface area (Å²) >= 11 is 0. The number of rotatable bonds is 6. The van der Waals surface area contributed by atoms with Gasteiger partial charge < -0.3 is 14.0 Å². The van der Waals surface area contributed by atoms with Crippen LogP contribution in [0.4, 0.5) is 5.69 Å². The highest BCUT2D eigenvalue weighted by atomic mass is 32.2. The van der Waals surface area contributed by atoms with Crippen LogP contribution >= 0.6 is 0 Å². The van der Waals surface area contributed by atoms with Crippen LogP contribution < -0.4 is 14.2 Å². The normalized spacial score (nSPS) is 11.7. The zero-order valence-electron chi connectivity index (χ0n) is 16.3. The van der Waals surface area contributed by atoms with Crippen molar-refractivity contribution in [2.24, 2.45) is 0 Å². The Morgan fingerprint density at radius 1 is 1.00 bits per heavy atom. The quantitative estimate of drug-likeness (QED) is 0.518. The van der Waals surface area contributed by atoms with Gasteiger partial charge in [-0.1, -0.05) is 0 Å².